The minimum absolute atomic E-state index is 0. The quantitative estimate of drug-likeness (QED) is 0.581. The fraction of sp³-hybridized carbons (Fsp3) is 0.0500. The Morgan fingerprint density at radius 3 is 1.13 bits per heavy atom. The van der Waals surface area contributed by atoms with Gasteiger partial charge >= 0.3 is 35.5 Å². The van der Waals surface area contributed by atoms with Gasteiger partial charge in [-0.25, -0.2) is 0 Å². The average Bonchev–Trinajstić information content (AvgIpc) is 2.58. The summed E-state index contributed by atoms with van der Waals surface area (Å²) < 4.78 is 0. The Kier molecular flexibility index (Phi) is 5.78. The van der Waals surface area contributed by atoms with Crippen molar-refractivity contribution in [1.29, 1.82) is 0 Å². The summed E-state index contributed by atoms with van der Waals surface area (Å²) in [6, 6.07) is 28.1. The summed E-state index contributed by atoms with van der Waals surface area (Å²) in [6.45, 7) is 0. The molecule has 0 saturated carbocycles. The number of benzene rings is 3. The number of aliphatic carboxylic acids is 1. The van der Waals surface area contributed by atoms with E-state index in [0.717, 1.165) is 16.7 Å². The van der Waals surface area contributed by atoms with E-state index < -0.39 is 11.4 Å². The summed E-state index contributed by atoms with van der Waals surface area (Å²) >= 11 is 0. The Bertz CT molecular complexity index is 665. The summed E-state index contributed by atoms with van der Waals surface area (Å²) in [6.07, 6.45) is 0. The molecule has 0 saturated heterocycles. The molecule has 0 radical (unpaired) electrons. The first-order chi connectivity index (χ1) is 10.8. The van der Waals surface area contributed by atoms with Crippen LogP contribution in [0, 0.1) is 0 Å². The minimum atomic E-state index is -1.20. The van der Waals surface area contributed by atoms with Crippen molar-refractivity contribution in [3.63, 3.8) is 0 Å². The van der Waals surface area contributed by atoms with Crippen LogP contribution in [0.2, 0.25) is 0 Å². The second-order valence-corrected chi connectivity index (χ2v) is 5.15. The zero-order valence-corrected chi connectivity index (χ0v) is 15.0. The normalized spacial score (nSPS) is 10.6. The standard InChI is InChI=1S/C20H16O2.Na.H/c21-19(22)20(16-10-4-1-5-11-16,17-12-6-2-7-13-17)18-14-8-3-9-15-18;;/h1-15H,(H,21,22);;/q;+1;-1. The molecule has 0 heterocycles. The second-order valence-electron chi connectivity index (χ2n) is 5.15. The van der Waals surface area contributed by atoms with E-state index in [0.29, 0.717) is 0 Å². The zero-order chi connectivity index (χ0) is 15.4. The van der Waals surface area contributed by atoms with Gasteiger partial charge in [0.15, 0.2) is 0 Å². The van der Waals surface area contributed by atoms with Crippen molar-refractivity contribution < 1.29 is 40.9 Å². The van der Waals surface area contributed by atoms with Crippen molar-refractivity contribution in [2.75, 3.05) is 0 Å². The Labute approximate surface area is 159 Å². The first kappa shape index (κ1) is 17.5. The molecule has 2 nitrogen and oxygen atoms in total. The first-order valence-electron chi connectivity index (χ1n) is 7.16. The van der Waals surface area contributed by atoms with Crippen LogP contribution in [-0.4, -0.2) is 11.1 Å². The van der Waals surface area contributed by atoms with Crippen molar-refractivity contribution in [1.82, 2.24) is 0 Å². The molecule has 0 aliphatic rings. The van der Waals surface area contributed by atoms with Gasteiger partial charge in [0.25, 0.3) is 0 Å². The van der Waals surface area contributed by atoms with E-state index in [-0.39, 0.29) is 31.0 Å². The van der Waals surface area contributed by atoms with Crippen molar-refractivity contribution in [3.05, 3.63) is 108 Å². The van der Waals surface area contributed by atoms with E-state index in [9.17, 15) is 9.90 Å². The average molecular weight is 312 g/mol. The molecule has 3 rings (SSSR count). The maximum Gasteiger partial charge on any atom is 1.00 e. The van der Waals surface area contributed by atoms with Crippen LogP contribution in [0.15, 0.2) is 91.0 Å². The number of rotatable bonds is 4. The molecule has 3 aromatic rings. The van der Waals surface area contributed by atoms with Crippen molar-refractivity contribution >= 4 is 5.97 Å². The Morgan fingerprint density at radius 1 is 0.652 bits per heavy atom. The van der Waals surface area contributed by atoms with Crippen LogP contribution in [0.4, 0.5) is 0 Å². The van der Waals surface area contributed by atoms with Crippen LogP contribution in [0.25, 0.3) is 0 Å². The number of hydrogen-bond acceptors (Lipinski definition) is 1. The third-order valence-electron chi connectivity index (χ3n) is 3.94. The maximum atomic E-state index is 12.4. The molecule has 0 atom stereocenters. The van der Waals surface area contributed by atoms with Gasteiger partial charge in [0.2, 0.25) is 0 Å². The van der Waals surface area contributed by atoms with E-state index in [1.54, 1.807) is 0 Å². The smallest absolute Gasteiger partial charge is 1.00 e. The molecule has 0 aromatic heterocycles. The van der Waals surface area contributed by atoms with E-state index in [1.165, 1.54) is 0 Å². The number of hydrogen-bond donors (Lipinski definition) is 1. The molecule has 0 fully saturated rings. The summed E-state index contributed by atoms with van der Waals surface area (Å²) in [4.78, 5) is 12.4. The zero-order valence-electron chi connectivity index (χ0n) is 14.0. The molecule has 110 valence electrons. The van der Waals surface area contributed by atoms with Crippen molar-refractivity contribution in [3.8, 4) is 0 Å². The molecule has 0 bridgehead atoms. The molecule has 0 spiro atoms. The monoisotopic (exact) mass is 312 g/mol. The van der Waals surface area contributed by atoms with Gasteiger partial charge in [-0.2, -0.15) is 0 Å². The molecule has 0 aliphatic heterocycles. The molecule has 3 heteroatoms. The van der Waals surface area contributed by atoms with E-state index >= 15 is 0 Å². The fourth-order valence-electron chi connectivity index (χ4n) is 2.93. The summed E-state index contributed by atoms with van der Waals surface area (Å²) in [7, 11) is 0. The van der Waals surface area contributed by atoms with Crippen LogP contribution >= 0.6 is 0 Å². The predicted molar refractivity (Wildman–Crippen MR) is 88.0 cm³/mol. The van der Waals surface area contributed by atoms with Crippen LogP contribution in [0.1, 0.15) is 18.1 Å². The largest absolute Gasteiger partial charge is 1.00 e. The predicted octanol–water partition coefficient (Wildman–Crippen LogP) is 1.22. The van der Waals surface area contributed by atoms with Gasteiger partial charge in [-0.1, -0.05) is 91.0 Å². The summed E-state index contributed by atoms with van der Waals surface area (Å²) in [5.41, 5.74) is 1.05. The van der Waals surface area contributed by atoms with Crippen LogP contribution in [0.3, 0.4) is 0 Å². The van der Waals surface area contributed by atoms with Crippen LogP contribution in [0.5, 0.6) is 0 Å². The third kappa shape index (κ3) is 3.11. The molecular formula is C20H17NaO2. The number of carboxylic acids is 1. The van der Waals surface area contributed by atoms with E-state index in [2.05, 4.69) is 0 Å². The Balaban J connectivity index is 0.00000144. The van der Waals surface area contributed by atoms with Gasteiger partial charge in [0.1, 0.15) is 5.41 Å². The molecule has 0 unspecified atom stereocenters. The van der Waals surface area contributed by atoms with Gasteiger partial charge in [-0.05, 0) is 16.7 Å². The first-order valence-corrected chi connectivity index (χ1v) is 7.16. The van der Waals surface area contributed by atoms with Gasteiger partial charge in [-0.3, -0.25) is 4.79 Å². The molecule has 0 amide bonds. The molecule has 1 N–H and O–H groups in total. The summed E-state index contributed by atoms with van der Waals surface area (Å²) in [5, 5.41) is 10.2. The second kappa shape index (κ2) is 7.60. The Morgan fingerprint density at radius 2 is 0.913 bits per heavy atom. The third-order valence-corrected chi connectivity index (χ3v) is 3.94. The topological polar surface area (TPSA) is 37.3 Å². The molecule has 3 aromatic carbocycles. The maximum absolute atomic E-state index is 12.4. The molecular weight excluding hydrogens is 295 g/mol. The van der Waals surface area contributed by atoms with E-state index in [1.807, 2.05) is 91.0 Å². The summed E-state index contributed by atoms with van der Waals surface area (Å²) in [5.74, 6) is -0.879. The van der Waals surface area contributed by atoms with Gasteiger partial charge in [0.05, 0.1) is 0 Å². The Hall–Kier alpha value is -1.87. The molecule has 23 heavy (non-hydrogen) atoms. The van der Waals surface area contributed by atoms with Crippen LogP contribution in [-0.2, 0) is 10.2 Å². The van der Waals surface area contributed by atoms with Gasteiger partial charge in [0, 0.05) is 0 Å². The number of carbonyl (C=O) groups is 1. The SMILES string of the molecule is O=C(O)C(c1ccccc1)(c1ccccc1)c1ccccc1.[H-].[Na+]. The number of carboxylic acid groups (broad SMARTS) is 1. The minimum Gasteiger partial charge on any atom is -1.00 e. The molecule has 0 aliphatic carbocycles. The van der Waals surface area contributed by atoms with Crippen LogP contribution < -0.4 is 29.6 Å². The fourth-order valence-corrected chi connectivity index (χ4v) is 2.93. The van der Waals surface area contributed by atoms with Gasteiger partial charge in [-0.15, -0.1) is 0 Å². The van der Waals surface area contributed by atoms with E-state index in [4.69, 9.17) is 0 Å². The van der Waals surface area contributed by atoms with Gasteiger partial charge < -0.3 is 6.53 Å². The van der Waals surface area contributed by atoms with Crippen molar-refractivity contribution in [2.45, 2.75) is 5.41 Å². The van der Waals surface area contributed by atoms with Crippen molar-refractivity contribution in [2.24, 2.45) is 0 Å².